The molecule has 2 nitrogen and oxygen atoms in total. The van der Waals surface area contributed by atoms with Gasteiger partial charge < -0.3 is 10.1 Å². The van der Waals surface area contributed by atoms with Gasteiger partial charge in [-0.3, -0.25) is 0 Å². The third kappa shape index (κ3) is 3.50. The van der Waals surface area contributed by atoms with Crippen molar-refractivity contribution in [2.24, 2.45) is 5.41 Å². The Kier molecular flexibility index (Phi) is 4.51. The second kappa shape index (κ2) is 5.96. The number of nitrogens with one attached hydrogen (secondary N) is 1. The van der Waals surface area contributed by atoms with Crippen LogP contribution in [0.15, 0.2) is 18.2 Å². The van der Waals surface area contributed by atoms with Crippen molar-refractivity contribution in [3.8, 4) is 5.75 Å². The first-order valence-electron chi connectivity index (χ1n) is 7.42. The van der Waals surface area contributed by atoms with E-state index in [9.17, 15) is 0 Å². The summed E-state index contributed by atoms with van der Waals surface area (Å²) in [5, 5.41) is 3.70. The number of aryl methyl sites for hydroxylation is 1. The van der Waals surface area contributed by atoms with E-state index >= 15 is 0 Å². The summed E-state index contributed by atoms with van der Waals surface area (Å²) in [4.78, 5) is 0. The van der Waals surface area contributed by atoms with Crippen LogP contribution in [-0.4, -0.2) is 13.7 Å². The summed E-state index contributed by atoms with van der Waals surface area (Å²) in [6.07, 6.45) is 5.50. The molecule has 2 rings (SSSR count). The van der Waals surface area contributed by atoms with Crippen LogP contribution in [0.25, 0.3) is 0 Å². The van der Waals surface area contributed by atoms with Crippen LogP contribution < -0.4 is 10.1 Å². The molecule has 0 bridgehead atoms. The molecule has 1 aromatic carbocycles. The van der Waals surface area contributed by atoms with Crippen LogP contribution in [0.1, 0.15) is 56.7 Å². The highest BCUT2D eigenvalue weighted by Gasteiger charge is 2.28. The zero-order chi connectivity index (χ0) is 13.9. The fourth-order valence-corrected chi connectivity index (χ4v) is 3.09. The lowest BCUT2D eigenvalue weighted by Gasteiger charge is -2.27. The largest absolute Gasteiger partial charge is 0.496 e. The topological polar surface area (TPSA) is 21.3 Å². The maximum atomic E-state index is 5.50. The Hall–Kier alpha value is -1.02. The molecule has 0 aliphatic heterocycles. The lowest BCUT2D eigenvalue weighted by molar-refractivity contribution is 0.299. The highest BCUT2D eigenvalue weighted by molar-refractivity contribution is 5.39. The normalized spacial score (nSPS) is 19.4. The van der Waals surface area contributed by atoms with Crippen LogP contribution in [0.5, 0.6) is 5.75 Å². The minimum atomic E-state index is 0.341. The fourth-order valence-electron chi connectivity index (χ4n) is 3.09. The Morgan fingerprint density at radius 1 is 1.32 bits per heavy atom. The standard InChI is InChI=1S/C17H27NO/c1-13-7-8-15(16(11-13)19-4)14(2)18-12-17(3)9-5-6-10-17/h7-8,11,14,18H,5-6,9-10,12H2,1-4H3. The molecule has 0 amide bonds. The van der Waals surface area contributed by atoms with Gasteiger partial charge in [-0.1, -0.05) is 31.9 Å². The third-order valence-electron chi connectivity index (χ3n) is 4.50. The van der Waals surface area contributed by atoms with E-state index in [0.717, 1.165) is 12.3 Å². The predicted molar refractivity (Wildman–Crippen MR) is 80.7 cm³/mol. The summed E-state index contributed by atoms with van der Waals surface area (Å²) < 4.78 is 5.50. The molecule has 0 saturated heterocycles. The van der Waals surface area contributed by atoms with E-state index < -0.39 is 0 Å². The molecular formula is C17H27NO. The molecule has 0 spiro atoms. The zero-order valence-corrected chi connectivity index (χ0v) is 12.8. The summed E-state index contributed by atoms with van der Waals surface area (Å²) in [5.74, 6) is 0.997. The van der Waals surface area contributed by atoms with Crippen LogP contribution in [0.3, 0.4) is 0 Å². The van der Waals surface area contributed by atoms with Gasteiger partial charge in [-0.2, -0.15) is 0 Å². The van der Waals surface area contributed by atoms with Crippen molar-refractivity contribution in [1.29, 1.82) is 0 Å². The van der Waals surface area contributed by atoms with Gasteiger partial charge in [0.1, 0.15) is 5.75 Å². The van der Waals surface area contributed by atoms with Gasteiger partial charge in [0.15, 0.2) is 0 Å². The second-order valence-electron chi connectivity index (χ2n) is 6.37. The average molecular weight is 261 g/mol. The van der Waals surface area contributed by atoms with Gasteiger partial charge in [0.2, 0.25) is 0 Å². The van der Waals surface area contributed by atoms with Gasteiger partial charge in [0.25, 0.3) is 0 Å². The monoisotopic (exact) mass is 261 g/mol. The van der Waals surface area contributed by atoms with Crippen molar-refractivity contribution in [1.82, 2.24) is 5.32 Å². The smallest absolute Gasteiger partial charge is 0.123 e. The van der Waals surface area contributed by atoms with Crippen molar-refractivity contribution < 1.29 is 4.74 Å². The number of ether oxygens (including phenoxy) is 1. The van der Waals surface area contributed by atoms with E-state index in [1.54, 1.807) is 7.11 Å². The number of rotatable bonds is 5. The Bertz CT molecular complexity index is 421. The van der Waals surface area contributed by atoms with Gasteiger partial charge >= 0.3 is 0 Å². The van der Waals surface area contributed by atoms with E-state index in [-0.39, 0.29) is 0 Å². The Morgan fingerprint density at radius 2 is 2.00 bits per heavy atom. The SMILES string of the molecule is COc1cc(C)ccc1C(C)NCC1(C)CCCC1. The van der Waals surface area contributed by atoms with Crippen molar-refractivity contribution >= 4 is 0 Å². The summed E-state index contributed by atoms with van der Waals surface area (Å²) in [6, 6.07) is 6.80. The minimum Gasteiger partial charge on any atom is -0.496 e. The first-order chi connectivity index (χ1) is 9.04. The molecule has 0 aromatic heterocycles. The van der Waals surface area contributed by atoms with Crippen molar-refractivity contribution in [3.05, 3.63) is 29.3 Å². The molecule has 2 heteroatoms. The summed E-state index contributed by atoms with van der Waals surface area (Å²) in [6.45, 7) is 7.84. The van der Waals surface area contributed by atoms with E-state index in [1.807, 2.05) is 0 Å². The highest BCUT2D eigenvalue weighted by Crippen LogP contribution is 2.37. The molecule has 1 saturated carbocycles. The van der Waals surface area contributed by atoms with Gasteiger partial charge in [-0.05, 0) is 43.7 Å². The summed E-state index contributed by atoms with van der Waals surface area (Å²) >= 11 is 0. The van der Waals surface area contributed by atoms with Crippen molar-refractivity contribution in [3.63, 3.8) is 0 Å². The molecule has 1 atom stereocenters. The number of methoxy groups -OCH3 is 1. The van der Waals surface area contributed by atoms with Crippen LogP contribution in [-0.2, 0) is 0 Å². The summed E-state index contributed by atoms with van der Waals surface area (Å²) in [5.41, 5.74) is 3.00. The molecule has 1 aromatic rings. The molecule has 0 radical (unpaired) electrons. The Balaban J connectivity index is 2.01. The van der Waals surface area contributed by atoms with E-state index in [0.29, 0.717) is 11.5 Å². The van der Waals surface area contributed by atoms with Crippen LogP contribution in [0.2, 0.25) is 0 Å². The number of benzene rings is 1. The molecular weight excluding hydrogens is 234 g/mol. The van der Waals surface area contributed by atoms with Gasteiger partial charge in [0.05, 0.1) is 7.11 Å². The third-order valence-corrected chi connectivity index (χ3v) is 4.50. The first kappa shape index (κ1) is 14.4. The fraction of sp³-hybridized carbons (Fsp3) is 0.647. The Labute approximate surface area is 117 Å². The van der Waals surface area contributed by atoms with Gasteiger partial charge in [-0.15, -0.1) is 0 Å². The number of hydrogen-bond acceptors (Lipinski definition) is 2. The van der Waals surface area contributed by atoms with Crippen molar-refractivity contribution in [2.75, 3.05) is 13.7 Å². The lowest BCUT2D eigenvalue weighted by atomic mass is 9.88. The Morgan fingerprint density at radius 3 is 2.63 bits per heavy atom. The van der Waals surface area contributed by atoms with E-state index in [2.05, 4.69) is 44.3 Å². The molecule has 1 N–H and O–H groups in total. The van der Waals surface area contributed by atoms with Gasteiger partial charge in [0, 0.05) is 18.2 Å². The van der Waals surface area contributed by atoms with Crippen LogP contribution in [0.4, 0.5) is 0 Å². The van der Waals surface area contributed by atoms with Crippen molar-refractivity contribution in [2.45, 2.75) is 52.5 Å². The quantitative estimate of drug-likeness (QED) is 0.856. The molecule has 1 aliphatic carbocycles. The molecule has 0 heterocycles. The van der Waals surface area contributed by atoms with Crippen LogP contribution >= 0.6 is 0 Å². The highest BCUT2D eigenvalue weighted by atomic mass is 16.5. The molecule has 1 aliphatic rings. The zero-order valence-electron chi connectivity index (χ0n) is 12.8. The molecule has 19 heavy (non-hydrogen) atoms. The average Bonchev–Trinajstić information content (AvgIpc) is 2.83. The summed E-state index contributed by atoms with van der Waals surface area (Å²) in [7, 11) is 1.75. The maximum Gasteiger partial charge on any atom is 0.123 e. The van der Waals surface area contributed by atoms with Gasteiger partial charge in [-0.25, -0.2) is 0 Å². The molecule has 1 unspecified atom stereocenters. The second-order valence-corrected chi connectivity index (χ2v) is 6.37. The van der Waals surface area contributed by atoms with Crippen LogP contribution in [0, 0.1) is 12.3 Å². The minimum absolute atomic E-state index is 0.341. The number of hydrogen-bond donors (Lipinski definition) is 1. The van der Waals surface area contributed by atoms with E-state index in [1.165, 1.54) is 36.8 Å². The predicted octanol–water partition coefficient (Wildman–Crippen LogP) is 4.23. The van der Waals surface area contributed by atoms with E-state index in [4.69, 9.17) is 4.74 Å². The molecule has 1 fully saturated rings. The first-order valence-corrected chi connectivity index (χ1v) is 7.42. The molecule has 106 valence electrons. The lowest BCUT2D eigenvalue weighted by Crippen LogP contribution is -2.31. The maximum absolute atomic E-state index is 5.50.